The molecule has 2 aromatic rings. The number of benzene rings is 2. The molecule has 0 aromatic heterocycles. The predicted molar refractivity (Wildman–Crippen MR) is 151 cm³/mol. The van der Waals surface area contributed by atoms with Crippen molar-refractivity contribution in [3.8, 4) is 5.75 Å². The first-order valence-electron chi connectivity index (χ1n) is 13.6. The second-order valence-corrected chi connectivity index (χ2v) is 12.3. The van der Waals surface area contributed by atoms with E-state index >= 15 is 0 Å². The van der Waals surface area contributed by atoms with E-state index in [1.807, 2.05) is 47.9 Å². The van der Waals surface area contributed by atoms with Crippen molar-refractivity contribution in [3.63, 3.8) is 0 Å². The Morgan fingerprint density at radius 3 is 2.23 bits per heavy atom. The molecule has 0 bridgehead atoms. The van der Waals surface area contributed by atoms with E-state index in [0.717, 1.165) is 24.0 Å². The van der Waals surface area contributed by atoms with Crippen LogP contribution in [-0.2, 0) is 9.59 Å². The van der Waals surface area contributed by atoms with Crippen molar-refractivity contribution < 1.29 is 19.1 Å². The molecule has 9 heteroatoms. The number of likely N-dealkylation sites (tertiary alicyclic amines) is 2. The summed E-state index contributed by atoms with van der Waals surface area (Å²) in [5.41, 5.74) is 1.80. The number of piperidine rings is 1. The second-order valence-electron chi connectivity index (χ2n) is 11.5. The van der Waals surface area contributed by atoms with Crippen LogP contribution in [0.1, 0.15) is 49.7 Å². The lowest BCUT2D eigenvalue weighted by atomic mass is 9.93. The summed E-state index contributed by atoms with van der Waals surface area (Å²) in [6, 6.07) is 12.5. The molecule has 0 N–H and O–H groups in total. The third-order valence-corrected chi connectivity index (χ3v) is 9.37. The van der Waals surface area contributed by atoms with Gasteiger partial charge in [-0.3, -0.25) is 9.59 Å². The van der Waals surface area contributed by atoms with Gasteiger partial charge in [0.25, 0.3) is 0 Å². The highest BCUT2D eigenvalue weighted by atomic mass is 35.5. The van der Waals surface area contributed by atoms with E-state index in [2.05, 4.69) is 0 Å². The minimum absolute atomic E-state index is 0.0765. The summed E-state index contributed by atoms with van der Waals surface area (Å²) in [7, 11) is 1.71. The molecule has 2 aromatic carbocycles. The highest BCUT2D eigenvalue weighted by molar-refractivity contribution is 6.42. The zero-order chi connectivity index (χ0) is 27.9. The summed E-state index contributed by atoms with van der Waals surface area (Å²) in [6.45, 7) is 6.07. The molecule has 208 valence electrons. The largest absolute Gasteiger partial charge is 0.415 e. The number of amides is 3. The van der Waals surface area contributed by atoms with E-state index in [0.29, 0.717) is 54.8 Å². The maximum Gasteiger partial charge on any atom is 0.415 e. The molecule has 1 saturated carbocycles. The van der Waals surface area contributed by atoms with Gasteiger partial charge >= 0.3 is 6.09 Å². The van der Waals surface area contributed by atoms with E-state index in [4.69, 9.17) is 27.9 Å². The van der Waals surface area contributed by atoms with Crippen molar-refractivity contribution in [2.24, 2.45) is 11.3 Å². The molecule has 7 nitrogen and oxygen atoms in total. The lowest BCUT2D eigenvalue weighted by molar-refractivity contribution is -0.142. The van der Waals surface area contributed by atoms with Gasteiger partial charge in [0.1, 0.15) is 5.75 Å². The molecule has 3 amide bonds. The second kappa shape index (κ2) is 11.0. The van der Waals surface area contributed by atoms with Gasteiger partial charge in [-0.05, 0) is 62.4 Å². The van der Waals surface area contributed by atoms with Gasteiger partial charge < -0.3 is 19.4 Å². The Labute approximate surface area is 240 Å². The summed E-state index contributed by atoms with van der Waals surface area (Å²) in [4.78, 5) is 45.0. The fraction of sp³-hybridized carbons (Fsp3) is 0.500. The molecular formula is C30H35Cl2N3O4. The maximum absolute atomic E-state index is 13.7. The molecule has 5 rings (SSSR count). The zero-order valence-corrected chi connectivity index (χ0v) is 24.2. The van der Waals surface area contributed by atoms with Crippen LogP contribution in [0.5, 0.6) is 5.75 Å². The van der Waals surface area contributed by atoms with E-state index in [1.54, 1.807) is 30.1 Å². The van der Waals surface area contributed by atoms with Crippen LogP contribution in [-0.4, -0.2) is 71.9 Å². The van der Waals surface area contributed by atoms with Gasteiger partial charge in [-0.1, -0.05) is 53.9 Å². The standard InChI is InChI=1S/C30H35Cl2N3O4/c1-19-4-7-22(8-5-19)39-29(38)33(3)26-18-35(17-23(26)21-6-9-24(31)25(32)16-21)27(36)20-10-14-34(15-11-20)28(37)30(2)12-13-30/h4-9,16,20,23,26H,10-15,17-18H2,1-3H3/t23-,26?/m1/s1. The number of hydrogen-bond donors (Lipinski definition) is 0. The third-order valence-electron chi connectivity index (χ3n) is 8.63. The molecule has 0 spiro atoms. The first-order chi connectivity index (χ1) is 18.6. The molecule has 2 saturated heterocycles. The highest BCUT2D eigenvalue weighted by Crippen LogP contribution is 2.47. The number of likely N-dealkylation sites (N-methyl/N-ethyl adjacent to an activating group) is 1. The van der Waals surface area contributed by atoms with E-state index in [1.165, 1.54) is 0 Å². The Morgan fingerprint density at radius 1 is 0.949 bits per heavy atom. The number of aryl methyl sites for hydroxylation is 1. The number of rotatable bonds is 5. The number of nitrogens with zero attached hydrogens (tertiary/aromatic N) is 3. The first-order valence-corrected chi connectivity index (χ1v) is 14.4. The van der Waals surface area contributed by atoms with E-state index < -0.39 is 6.09 Å². The molecule has 3 aliphatic rings. The Balaban J connectivity index is 1.30. The van der Waals surface area contributed by atoms with Gasteiger partial charge in [0.2, 0.25) is 11.8 Å². The van der Waals surface area contributed by atoms with Gasteiger partial charge in [-0.15, -0.1) is 0 Å². The van der Waals surface area contributed by atoms with Crippen molar-refractivity contribution in [2.45, 2.75) is 51.5 Å². The average molecular weight is 573 g/mol. The number of carbonyl (C=O) groups is 3. The molecular weight excluding hydrogens is 537 g/mol. The summed E-state index contributed by atoms with van der Waals surface area (Å²) in [5.74, 6) is 0.473. The van der Waals surface area contributed by atoms with Crippen LogP contribution in [0.25, 0.3) is 0 Å². The lowest BCUT2D eigenvalue weighted by Gasteiger charge is -2.34. The first kappa shape index (κ1) is 27.8. The minimum atomic E-state index is -0.483. The molecule has 3 fully saturated rings. The molecule has 2 atom stereocenters. The summed E-state index contributed by atoms with van der Waals surface area (Å²) < 4.78 is 5.65. The van der Waals surface area contributed by atoms with E-state index in [-0.39, 0.29) is 35.1 Å². The van der Waals surface area contributed by atoms with Crippen molar-refractivity contribution in [2.75, 3.05) is 33.2 Å². The van der Waals surface area contributed by atoms with Gasteiger partial charge in [0, 0.05) is 50.5 Å². The highest BCUT2D eigenvalue weighted by Gasteiger charge is 2.48. The molecule has 2 heterocycles. The molecule has 39 heavy (non-hydrogen) atoms. The number of hydrogen-bond acceptors (Lipinski definition) is 4. The normalized spacial score (nSPS) is 22.5. The molecule has 2 aliphatic heterocycles. The third kappa shape index (κ3) is 5.90. The van der Waals surface area contributed by atoms with Crippen LogP contribution < -0.4 is 4.74 Å². The Bertz CT molecular complexity index is 1260. The van der Waals surface area contributed by atoms with Crippen LogP contribution in [0.15, 0.2) is 42.5 Å². The Morgan fingerprint density at radius 2 is 1.62 bits per heavy atom. The van der Waals surface area contributed by atoms with Gasteiger partial charge in [-0.2, -0.15) is 0 Å². The summed E-state index contributed by atoms with van der Waals surface area (Å²) in [5, 5.41) is 0.889. The van der Waals surface area contributed by atoms with Crippen molar-refractivity contribution in [3.05, 3.63) is 63.6 Å². The molecule has 1 unspecified atom stereocenters. The number of ether oxygens (including phenoxy) is 1. The predicted octanol–water partition coefficient (Wildman–Crippen LogP) is 5.77. The minimum Gasteiger partial charge on any atom is -0.410 e. The number of carbonyl (C=O) groups excluding carboxylic acids is 3. The Hall–Kier alpha value is -2.77. The fourth-order valence-corrected chi connectivity index (χ4v) is 6.02. The lowest BCUT2D eigenvalue weighted by Crippen LogP contribution is -2.46. The van der Waals surface area contributed by atoms with Crippen molar-refractivity contribution in [1.29, 1.82) is 0 Å². The topological polar surface area (TPSA) is 70.2 Å². The van der Waals surface area contributed by atoms with Crippen LogP contribution in [0.4, 0.5) is 4.79 Å². The Kier molecular flexibility index (Phi) is 7.84. The van der Waals surface area contributed by atoms with Gasteiger partial charge in [-0.25, -0.2) is 4.79 Å². The quantitative estimate of drug-likeness (QED) is 0.457. The van der Waals surface area contributed by atoms with Gasteiger partial charge in [0.05, 0.1) is 16.1 Å². The number of halogens is 2. The molecule has 0 radical (unpaired) electrons. The summed E-state index contributed by atoms with van der Waals surface area (Å²) >= 11 is 12.5. The zero-order valence-electron chi connectivity index (χ0n) is 22.7. The average Bonchev–Trinajstić information content (AvgIpc) is 3.53. The molecule has 1 aliphatic carbocycles. The maximum atomic E-state index is 13.7. The van der Waals surface area contributed by atoms with Crippen LogP contribution >= 0.6 is 23.2 Å². The van der Waals surface area contributed by atoms with E-state index in [9.17, 15) is 14.4 Å². The van der Waals surface area contributed by atoms with Crippen molar-refractivity contribution in [1.82, 2.24) is 14.7 Å². The van der Waals surface area contributed by atoms with Crippen LogP contribution in [0.3, 0.4) is 0 Å². The monoisotopic (exact) mass is 571 g/mol. The summed E-state index contributed by atoms with van der Waals surface area (Å²) in [6.07, 6.45) is 2.74. The smallest absolute Gasteiger partial charge is 0.410 e. The SMILES string of the molecule is Cc1ccc(OC(=O)N(C)C2CN(C(=O)C3CCN(C(=O)C4(C)CC4)CC3)C[C@@H]2c2ccc(Cl)c(Cl)c2)cc1. The fourth-order valence-electron chi connectivity index (χ4n) is 5.71. The van der Waals surface area contributed by atoms with Crippen molar-refractivity contribution >= 4 is 41.1 Å². The van der Waals surface area contributed by atoms with Crippen LogP contribution in [0.2, 0.25) is 10.0 Å². The van der Waals surface area contributed by atoms with Gasteiger partial charge in [0.15, 0.2) is 0 Å². The van der Waals surface area contributed by atoms with Crippen LogP contribution in [0, 0.1) is 18.3 Å².